The SMILES string of the molecule is C=C(C)[C@@H]1CC[C@]2(C#Cc3ccccc3C(=O)O)CC[C@]3(C)[C@H](CC[C@@H]4[C@@]5(C)CC=C(c6ccc(C(=O)O)cc6)C(C)(C)[C@@H]5CC[C@]43C)[C@@H]12. The van der Waals surface area contributed by atoms with Gasteiger partial charge in [0.05, 0.1) is 11.1 Å². The third kappa shape index (κ3) is 4.85. The molecule has 4 nitrogen and oxygen atoms in total. The van der Waals surface area contributed by atoms with Crippen LogP contribution in [0.2, 0.25) is 0 Å². The summed E-state index contributed by atoms with van der Waals surface area (Å²) < 4.78 is 0. The van der Waals surface area contributed by atoms with Crippen LogP contribution in [0.1, 0.15) is 131 Å². The Balaban J connectivity index is 1.24. The molecular formula is C45H54O4. The minimum absolute atomic E-state index is 0.0170. The van der Waals surface area contributed by atoms with Crippen LogP contribution in [0.15, 0.2) is 66.8 Å². The average molecular weight is 659 g/mol. The highest BCUT2D eigenvalue weighted by molar-refractivity contribution is 5.90. The van der Waals surface area contributed by atoms with Crippen molar-refractivity contribution in [1.82, 2.24) is 0 Å². The van der Waals surface area contributed by atoms with E-state index in [1.54, 1.807) is 24.3 Å². The molecule has 0 aromatic heterocycles. The highest BCUT2D eigenvalue weighted by Crippen LogP contribution is 2.77. The molecule has 5 aliphatic carbocycles. The molecule has 0 radical (unpaired) electrons. The molecule has 4 fully saturated rings. The molecule has 0 saturated heterocycles. The first-order chi connectivity index (χ1) is 23.1. The standard InChI is InChI=1S/C45H54O4/c1-28(2)32-19-25-45(24-18-29-10-8-9-11-33(29)40(48)49)27-26-43(6)35(38(32)45)16-17-37-42(5)22-20-34(30-12-14-31(15-13-30)39(46)47)41(3,4)36(42)21-23-44(37,43)7/h8-15,20,32,35-38H,1,16-17,19,21-23,25-27H2,2-7H3,(H,46,47)(H,48,49)/t32-,35+,36-,37+,38+,42-,43+,44+,45+/m0/s1. The van der Waals surface area contributed by atoms with Crippen molar-refractivity contribution in [1.29, 1.82) is 0 Å². The largest absolute Gasteiger partial charge is 0.478 e. The molecule has 5 aliphatic rings. The van der Waals surface area contributed by atoms with Crippen molar-refractivity contribution in [2.75, 3.05) is 0 Å². The summed E-state index contributed by atoms with van der Waals surface area (Å²) >= 11 is 0. The quantitative estimate of drug-likeness (QED) is 0.253. The van der Waals surface area contributed by atoms with Gasteiger partial charge < -0.3 is 10.2 Å². The highest BCUT2D eigenvalue weighted by atomic mass is 16.4. The molecule has 7 rings (SSSR count). The van der Waals surface area contributed by atoms with Crippen LogP contribution in [0.5, 0.6) is 0 Å². The van der Waals surface area contributed by atoms with E-state index >= 15 is 0 Å². The summed E-state index contributed by atoms with van der Waals surface area (Å²) in [5.74, 6) is 8.10. The molecule has 4 saturated carbocycles. The lowest BCUT2D eigenvalue weighted by atomic mass is 9.32. The number of carbonyl (C=O) groups is 2. The van der Waals surface area contributed by atoms with Gasteiger partial charge in [0.15, 0.2) is 0 Å². The molecule has 2 aromatic carbocycles. The number of carboxylic acid groups (broad SMARTS) is 2. The van der Waals surface area contributed by atoms with Crippen LogP contribution in [0.4, 0.5) is 0 Å². The number of aromatic carboxylic acids is 2. The van der Waals surface area contributed by atoms with Gasteiger partial charge in [-0.25, -0.2) is 9.59 Å². The van der Waals surface area contributed by atoms with Gasteiger partial charge >= 0.3 is 11.9 Å². The van der Waals surface area contributed by atoms with Crippen LogP contribution in [0.3, 0.4) is 0 Å². The average Bonchev–Trinajstić information content (AvgIpc) is 3.44. The van der Waals surface area contributed by atoms with E-state index in [9.17, 15) is 19.8 Å². The van der Waals surface area contributed by atoms with Crippen molar-refractivity contribution in [3.63, 3.8) is 0 Å². The fourth-order valence-corrected chi connectivity index (χ4v) is 13.2. The lowest BCUT2D eigenvalue weighted by Gasteiger charge is -2.72. The van der Waals surface area contributed by atoms with Crippen LogP contribution >= 0.6 is 0 Å². The van der Waals surface area contributed by atoms with Crippen molar-refractivity contribution in [2.45, 2.75) is 99.3 Å². The molecule has 0 amide bonds. The van der Waals surface area contributed by atoms with E-state index in [2.05, 4.69) is 66.0 Å². The third-order valence-electron chi connectivity index (χ3n) is 15.7. The van der Waals surface area contributed by atoms with Crippen molar-refractivity contribution < 1.29 is 19.8 Å². The number of hydrogen-bond donors (Lipinski definition) is 2. The first-order valence-electron chi connectivity index (χ1n) is 18.6. The molecular weight excluding hydrogens is 604 g/mol. The second-order valence-electron chi connectivity index (χ2n) is 17.9. The minimum Gasteiger partial charge on any atom is -0.478 e. The topological polar surface area (TPSA) is 74.6 Å². The van der Waals surface area contributed by atoms with Gasteiger partial charge in [-0.2, -0.15) is 0 Å². The highest BCUT2D eigenvalue weighted by Gasteiger charge is 2.70. The summed E-state index contributed by atoms with van der Waals surface area (Å²) in [6.45, 7) is 19.6. The summed E-state index contributed by atoms with van der Waals surface area (Å²) in [4.78, 5) is 23.6. The maximum atomic E-state index is 12.0. The zero-order valence-corrected chi connectivity index (χ0v) is 30.4. The lowest BCUT2D eigenvalue weighted by Crippen LogP contribution is -2.65. The zero-order valence-electron chi connectivity index (χ0n) is 30.4. The minimum atomic E-state index is -0.916. The fraction of sp³-hybridized carbons (Fsp3) is 0.556. The van der Waals surface area contributed by atoms with E-state index in [-0.39, 0.29) is 27.1 Å². The fourth-order valence-electron chi connectivity index (χ4n) is 13.2. The van der Waals surface area contributed by atoms with Crippen molar-refractivity contribution in [3.8, 4) is 11.8 Å². The Hall–Kier alpha value is -3.58. The lowest BCUT2D eigenvalue weighted by molar-refractivity contribution is -0.220. The molecule has 49 heavy (non-hydrogen) atoms. The van der Waals surface area contributed by atoms with E-state index in [0.717, 1.165) is 31.2 Å². The van der Waals surface area contributed by atoms with E-state index < -0.39 is 11.9 Å². The molecule has 4 heteroatoms. The van der Waals surface area contributed by atoms with Crippen LogP contribution in [-0.2, 0) is 0 Å². The van der Waals surface area contributed by atoms with Gasteiger partial charge in [0, 0.05) is 11.0 Å². The van der Waals surface area contributed by atoms with E-state index in [4.69, 9.17) is 0 Å². The molecule has 0 spiro atoms. The van der Waals surface area contributed by atoms with Gasteiger partial charge in [-0.1, -0.05) is 89.0 Å². The van der Waals surface area contributed by atoms with Gasteiger partial charge in [0.1, 0.15) is 0 Å². The van der Waals surface area contributed by atoms with Gasteiger partial charge in [-0.3, -0.25) is 0 Å². The molecule has 0 aliphatic heterocycles. The Labute approximate surface area is 293 Å². The van der Waals surface area contributed by atoms with Gasteiger partial charge in [0.25, 0.3) is 0 Å². The predicted molar refractivity (Wildman–Crippen MR) is 196 cm³/mol. The summed E-state index contributed by atoms with van der Waals surface area (Å²) in [6.07, 6.45) is 12.9. The Bertz CT molecular complexity index is 1800. The first kappa shape index (κ1) is 33.9. The molecule has 2 aromatic rings. The van der Waals surface area contributed by atoms with Gasteiger partial charge in [-0.15, -0.1) is 0 Å². The Morgan fingerprint density at radius 2 is 1.51 bits per heavy atom. The Morgan fingerprint density at radius 3 is 2.18 bits per heavy atom. The molecule has 258 valence electrons. The maximum absolute atomic E-state index is 12.0. The summed E-state index contributed by atoms with van der Waals surface area (Å²) in [5.41, 5.74) is 5.54. The summed E-state index contributed by atoms with van der Waals surface area (Å²) in [7, 11) is 0. The van der Waals surface area contributed by atoms with E-state index in [1.807, 2.05) is 24.3 Å². The second-order valence-corrected chi connectivity index (χ2v) is 17.9. The summed E-state index contributed by atoms with van der Waals surface area (Å²) in [5, 5.41) is 19.3. The first-order valence-corrected chi connectivity index (χ1v) is 18.6. The number of carboxylic acids is 2. The number of hydrogen-bond acceptors (Lipinski definition) is 2. The molecule has 0 heterocycles. The molecule has 0 unspecified atom stereocenters. The predicted octanol–water partition coefficient (Wildman–Crippen LogP) is 10.8. The molecule has 9 atom stereocenters. The van der Waals surface area contributed by atoms with Crippen LogP contribution in [0, 0.1) is 68.5 Å². The number of rotatable bonds is 4. The van der Waals surface area contributed by atoms with Crippen molar-refractivity contribution in [2.24, 2.45) is 56.7 Å². The normalized spacial score (nSPS) is 38.7. The summed E-state index contributed by atoms with van der Waals surface area (Å²) in [6, 6.07) is 14.7. The van der Waals surface area contributed by atoms with Crippen LogP contribution in [-0.4, -0.2) is 22.2 Å². The number of fused-ring (bicyclic) bond motifs is 7. The van der Waals surface area contributed by atoms with E-state index in [1.165, 1.54) is 43.3 Å². The Morgan fingerprint density at radius 1 is 0.796 bits per heavy atom. The number of allylic oxidation sites excluding steroid dienone is 3. The van der Waals surface area contributed by atoms with E-state index in [0.29, 0.717) is 46.3 Å². The van der Waals surface area contributed by atoms with Crippen molar-refractivity contribution in [3.05, 3.63) is 89.0 Å². The number of benzene rings is 2. The van der Waals surface area contributed by atoms with Gasteiger partial charge in [0.2, 0.25) is 0 Å². The smallest absolute Gasteiger partial charge is 0.336 e. The maximum Gasteiger partial charge on any atom is 0.336 e. The zero-order chi connectivity index (χ0) is 35.1. The Kier molecular flexibility index (Phi) is 7.94. The molecule has 2 N–H and O–H groups in total. The van der Waals surface area contributed by atoms with Crippen LogP contribution in [0.25, 0.3) is 5.57 Å². The van der Waals surface area contributed by atoms with Gasteiger partial charge in [-0.05, 0) is 151 Å². The monoisotopic (exact) mass is 658 g/mol. The third-order valence-corrected chi connectivity index (χ3v) is 15.7. The van der Waals surface area contributed by atoms with Crippen molar-refractivity contribution >= 4 is 17.5 Å². The van der Waals surface area contributed by atoms with Crippen LogP contribution < -0.4 is 0 Å². The molecule has 0 bridgehead atoms. The second kappa shape index (κ2) is 11.5.